The van der Waals surface area contributed by atoms with Crippen molar-refractivity contribution in [3.8, 4) is 0 Å². The van der Waals surface area contributed by atoms with Gasteiger partial charge in [0, 0.05) is 19.6 Å². The maximum atomic E-state index is 11.9. The third-order valence-corrected chi connectivity index (χ3v) is 3.83. The molecule has 0 radical (unpaired) electrons. The maximum absolute atomic E-state index is 11.9. The Labute approximate surface area is 127 Å². The van der Waals surface area contributed by atoms with Crippen molar-refractivity contribution in [1.29, 1.82) is 0 Å². The molecule has 118 valence electrons. The molecule has 7 nitrogen and oxygen atoms in total. The van der Waals surface area contributed by atoms with Gasteiger partial charge in [-0.25, -0.2) is 4.79 Å². The van der Waals surface area contributed by atoms with Crippen molar-refractivity contribution in [2.45, 2.75) is 32.7 Å². The molecule has 1 fully saturated rings. The fourth-order valence-corrected chi connectivity index (χ4v) is 2.43. The molecule has 1 N–H and O–H groups in total. The van der Waals surface area contributed by atoms with E-state index in [4.69, 9.17) is 9.47 Å². The quantitative estimate of drug-likeness (QED) is 0.550. The van der Waals surface area contributed by atoms with Crippen molar-refractivity contribution in [3.05, 3.63) is 0 Å². The van der Waals surface area contributed by atoms with E-state index in [0.29, 0.717) is 13.0 Å². The summed E-state index contributed by atoms with van der Waals surface area (Å²) in [7, 11) is 0. The summed E-state index contributed by atoms with van der Waals surface area (Å²) in [6.07, 6.45) is 1.48. The molecule has 1 unspecified atom stereocenters. The minimum absolute atomic E-state index is 0.104. The number of esters is 3. The van der Waals surface area contributed by atoms with E-state index in [9.17, 15) is 19.2 Å². The van der Waals surface area contributed by atoms with Crippen LogP contribution in [0.5, 0.6) is 0 Å². The van der Waals surface area contributed by atoms with Crippen LogP contribution in [0.15, 0.2) is 0 Å². The van der Waals surface area contributed by atoms with E-state index in [2.05, 4.69) is 5.32 Å². The summed E-state index contributed by atoms with van der Waals surface area (Å²) in [4.78, 5) is 45.5. The highest BCUT2D eigenvalue weighted by Gasteiger charge is 2.30. The molecule has 0 amide bonds. The maximum Gasteiger partial charge on any atom is 0.330 e. The lowest BCUT2D eigenvalue weighted by molar-refractivity contribution is -0.165. The van der Waals surface area contributed by atoms with Crippen LogP contribution in [0.2, 0.25) is 0 Å². The lowest BCUT2D eigenvalue weighted by Crippen LogP contribution is -2.36. The molecular formula is C13H19NO6S. The molecule has 0 spiro atoms. The van der Waals surface area contributed by atoms with E-state index >= 15 is 0 Å². The molecule has 0 aliphatic carbocycles. The third-order valence-electron chi connectivity index (χ3n) is 2.85. The summed E-state index contributed by atoms with van der Waals surface area (Å²) in [5, 5.41) is 2.76. The molecule has 0 aromatic carbocycles. The predicted molar refractivity (Wildman–Crippen MR) is 75.4 cm³/mol. The van der Waals surface area contributed by atoms with E-state index in [0.717, 1.165) is 18.2 Å². The first-order chi connectivity index (χ1) is 9.90. The van der Waals surface area contributed by atoms with Crippen molar-refractivity contribution >= 4 is 34.8 Å². The monoisotopic (exact) mass is 317 g/mol. The summed E-state index contributed by atoms with van der Waals surface area (Å²) in [5.74, 6) is -2.67. The van der Waals surface area contributed by atoms with E-state index in [-0.39, 0.29) is 17.5 Å². The van der Waals surface area contributed by atoms with Crippen LogP contribution in [0.3, 0.4) is 0 Å². The summed E-state index contributed by atoms with van der Waals surface area (Å²) in [6.45, 7) is 3.09. The molecule has 0 bridgehead atoms. The minimum atomic E-state index is -0.840. The molecule has 8 heteroatoms. The second-order valence-electron chi connectivity index (χ2n) is 4.69. The molecule has 21 heavy (non-hydrogen) atoms. The second-order valence-corrected chi connectivity index (χ2v) is 5.89. The fourth-order valence-electron chi connectivity index (χ4n) is 1.76. The lowest BCUT2D eigenvalue weighted by Gasteiger charge is -2.15. The number of rotatable bonds is 6. The number of ether oxygens (including phenoxy) is 2. The van der Waals surface area contributed by atoms with Crippen LogP contribution in [0.25, 0.3) is 0 Å². The predicted octanol–water partition coefficient (Wildman–Crippen LogP) is 0.267. The molecule has 1 aliphatic heterocycles. The lowest BCUT2D eigenvalue weighted by atomic mass is 10.2. The zero-order valence-electron chi connectivity index (χ0n) is 12.0. The normalized spacial score (nSPS) is 18.9. The number of carbonyl (C=O) groups excluding carboxylic acids is 4. The number of thioether (sulfide) groups is 1. The van der Waals surface area contributed by atoms with E-state index in [1.807, 2.05) is 0 Å². The summed E-state index contributed by atoms with van der Waals surface area (Å²) < 4.78 is 9.58. The van der Waals surface area contributed by atoms with E-state index in [1.165, 1.54) is 13.8 Å². The Morgan fingerprint density at radius 1 is 1.29 bits per heavy atom. The molecule has 1 aliphatic rings. The van der Waals surface area contributed by atoms with E-state index in [1.54, 1.807) is 0 Å². The first kappa shape index (κ1) is 17.6. The van der Waals surface area contributed by atoms with Gasteiger partial charge in [-0.1, -0.05) is 11.8 Å². The molecular weight excluding hydrogens is 298 g/mol. The standard InChI is InChI=1S/C13H19NO6S/c1-8(15)19-6-10(7-21-9(2)16)12(17)20-13(18)11-4-3-5-14-11/h10-11,14H,3-7H2,1-2H3/t10?,11-/m0/s1. The molecule has 1 saturated heterocycles. The smallest absolute Gasteiger partial charge is 0.330 e. The first-order valence-electron chi connectivity index (χ1n) is 6.65. The highest BCUT2D eigenvalue weighted by atomic mass is 32.2. The molecule has 0 aromatic rings. The van der Waals surface area contributed by atoms with Gasteiger partial charge in [-0.15, -0.1) is 0 Å². The van der Waals surface area contributed by atoms with Gasteiger partial charge in [-0.3, -0.25) is 14.4 Å². The summed E-state index contributed by atoms with van der Waals surface area (Å²) in [5.41, 5.74) is 0. The van der Waals surface area contributed by atoms with Crippen LogP contribution < -0.4 is 5.32 Å². The number of nitrogens with one attached hydrogen (secondary N) is 1. The zero-order valence-corrected chi connectivity index (χ0v) is 12.9. The number of carbonyl (C=O) groups is 4. The van der Waals surface area contributed by atoms with Gasteiger partial charge < -0.3 is 14.8 Å². The van der Waals surface area contributed by atoms with Crippen LogP contribution in [-0.2, 0) is 28.7 Å². The molecule has 2 atom stereocenters. The van der Waals surface area contributed by atoms with Gasteiger partial charge in [0.2, 0.25) is 0 Å². The topological polar surface area (TPSA) is 98.8 Å². The Kier molecular flexibility index (Phi) is 7.38. The SMILES string of the molecule is CC(=O)OCC(CSC(C)=O)C(=O)OC(=O)[C@@H]1CCCN1. The minimum Gasteiger partial charge on any atom is -0.465 e. The molecule has 0 saturated carbocycles. The van der Waals surface area contributed by atoms with Crippen LogP contribution >= 0.6 is 11.8 Å². The molecule has 1 rings (SSSR count). The van der Waals surface area contributed by atoms with Crippen LogP contribution in [-0.4, -0.2) is 48.0 Å². The second kappa shape index (κ2) is 8.78. The average Bonchev–Trinajstić information content (AvgIpc) is 2.91. The third kappa shape index (κ3) is 6.72. The largest absolute Gasteiger partial charge is 0.465 e. The molecule has 1 heterocycles. The van der Waals surface area contributed by atoms with Gasteiger partial charge >= 0.3 is 17.9 Å². The van der Waals surface area contributed by atoms with Crippen LogP contribution in [0.4, 0.5) is 0 Å². The Hall–Kier alpha value is -1.41. The fraction of sp³-hybridized carbons (Fsp3) is 0.692. The number of hydrogen-bond donors (Lipinski definition) is 1. The van der Waals surface area contributed by atoms with Gasteiger partial charge in [0.15, 0.2) is 5.12 Å². The van der Waals surface area contributed by atoms with Crippen molar-refractivity contribution in [2.75, 3.05) is 18.9 Å². The van der Waals surface area contributed by atoms with Gasteiger partial charge in [-0.05, 0) is 19.4 Å². The summed E-state index contributed by atoms with van der Waals surface area (Å²) in [6, 6.07) is -0.469. The van der Waals surface area contributed by atoms with Crippen molar-refractivity contribution in [3.63, 3.8) is 0 Å². The first-order valence-corrected chi connectivity index (χ1v) is 7.64. The average molecular weight is 317 g/mol. The van der Waals surface area contributed by atoms with Crippen LogP contribution in [0, 0.1) is 5.92 Å². The number of hydrogen-bond acceptors (Lipinski definition) is 8. The van der Waals surface area contributed by atoms with Crippen molar-refractivity contribution in [2.24, 2.45) is 5.92 Å². The Morgan fingerprint density at radius 2 is 2.00 bits per heavy atom. The zero-order chi connectivity index (χ0) is 15.8. The van der Waals surface area contributed by atoms with Gasteiger partial charge in [0.1, 0.15) is 18.6 Å². The Morgan fingerprint density at radius 3 is 2.52 bits per heavy atom. The van der Waals surface area contributed by atoms with Crippen molar-refractivity contribution < 1.29 is 28.7 Å². The van der Waals surface area contributed by atoms with Gasteiger partial charge in [0.25, 0.3) is 0 Å². The highest BCUT2D eigenvalue weighted by molar-refractivity contribution is 8.13. The van der Waals surface area contributed by atoms with Gasteiger partial charge in [0.05, 0.1) is 0 Å². The van der Waals surface area contributed by atoms with Crippen molar-refractivity contribution in [1.82, 2.24) is 5.32 Å². The summed E-state index contributed by atoms with van der Waals surface area (Å²) >= 11 is 0.921. The Balaban J connectivity index is 2.53. The van der Waals surface area contributed by atoms with Gasteiger partial charge in [-0.2, -0.15) is 0 Å². The highest BCUT2D eigenvalue weighted by Crippen LogP contribution is 2.14. The van der Waals surface area contributed by atoms with E-state index < -0.39 is 29.9 Å². The Bertz CT molecular complexity index is 401. The molecule has 0 aromatic heterocycles. The van der Waals surface area contributed by atoms with Crippen LogP contribution in [0.1, 0.15) is 26.7 Å².